The molecule has 1 amide bonds. The van der Waals surface area contributed by atoms with E-state index in [1.807, 2.05) is 54.6 Å². The predicted molar refractivity (Wildman–Crippen MR) is 118 cm³/mol. The zero-order valence-electron chi connectivity index (χ0n) is 17.1. The fourth-order valence-corrected chi connectivity index (χ4v) is 3.38. The highest BCUT2D eigenvalue weighted by molar-refractivity contribution is 5.84. The van der Waals surface area contributed by atoms with E-state index in [2.05, 4.69) is 15.4 Å². The zero-order valence-corrected chi connectivity index (χ0v) is 17.1. The molecule has 31 heavy (non-hydrogen) atoms. The maximum atomic E-state index is 12.9. The van der Waals surface area contributed by atoms with Gasteiger partial charge in [-0.2, -0.15) is 5.10 Å². The van der Waals surface area contributed by atoms with Crippen molar-refractivity contribution >= 4 is 16.7 Å². The van der Waals surface area contributed by atoms with Gasteiger partial charge in [-0.25, -0.2) is 4.68 Å². The normalized spacial score (nSPS) is 10.7. The molecular formula is C24H22N4O3. The van der Waals surface area contributed by atoms with Crippen LogP contribution >= 0.6 is 0 Å². The largest absolute Gasteiger partial charge is 0.497 e. The lowest BCUT2D eigenvalue weighted by atomic mass is 10.1. The van der Waals surface area contributed by atoms with E-state index in [1.54, 1.807) is 25.6 Å². The quantitative estimate of drug-likeness (QED) is 0.503. The lowest BCUT2D eigenvalue weighted by Crippen LogP contribution is -2.29. The van der Waals surface area contributed by atoms with Crippen molar-refractivity contribution in [3.8, 4) is 5.75 Å². The molecular weight excluding hydrogens is 392 g/mol. The van der Waals surface area contributed by atoms with Crippen molar-refractivity contribution in [2.75, 3.05) is 7.11 Å². The minimum absolute atomic E-state index is 0.124. The fourth-order valence-electron chi connectivity index (χ4n) is 3.38. The lowest BCUT2D eigenvalue weighted by Gasteiger charge is -2.12. The average Bonchev–Trinajstić information content (AvgIpc) is 2.81. The smallest absolute Gasteiger partial charge is 0.274 e. The van der Waals surface area contributed by atoms with Crippen LogP contribution in [0.3, 0.4) is 0 Å². The summed E-state index contributed by atoms with van der Waals surface area (Å²) in [5, 5.41) is 8.77. The van der Waals surface area contributed by atoms with Gasteiger partial charge in [0.15, 0.2) is 0 Å². The van der Waals surface area contributed by atoms with E-state index in [0.717, 1.165) is 22.3 Å². The van der Waals surface area contributed by atoms with Crippen LogP contribution in [0.5, 0.6) is 5.75 Å². The van der Waals surface area contributed by atoms with Crippen molar-refractivity contribution in [1.29, 1.82) is 0 Å². The van der Waals surface area contributed by atoms with Crippen LogP contribution in [0.1, 0.15) is 16.8 Å². The molecule has 156 valence electrons. The summed E-state index contributed by atoms with van der Waals surface area (Å²) in [6, 6.07) is 18.4. The van der Waals surface area contributed by atoms with Crippen LogP contribution < -0.4 is 15.6 Å². The number of aromatic nitrogens is 3. The maximum absolute atomic E-state index is 12.9. The van der Waals surface area contributed by atoms with Gasteiger partial charge in [-0.05, 0) is 35.4 Å². The Balaban J connectivity index is 1.55. The van der Waals surface area contributed by atoms with E-state index in [-0.39, 0.29) is 24.4 Å². The van der Waals surface area contributed by atoms with E-state index in [1.165, 1.54) is 4.68 Å². The van der Waals surface area contributed by atoms with Gasteiger partial charge in [0.1, 0.15) is 5.75 Å². The number of carbonyl (C=O) groups is 1. The summed E-state index contributed by atoms with van der Waals surface area (Å²) in [5.74, 6) is 0.622. The van der Waals surface area contributed by atoms with Crippen molar-refractivity contribution in [3.63, 3.8) is 0 Å². The van der Waals surface area contributed by atoms with Crippen LogP contribution in [0.15, 0.2) is 77.9 Å². The summed E-state index contributed by atoms with van der Waals surface area (Å²) >= 11 is 0. The number of ether oxygens (including phenoxy) is 1. The Morgan fingerprint density at radius 3 is 2.48 bits per heavy atom. The fraction of sp³-hybridized carbons (Fsp3) is 0.167. The standard InChI is InChI=1S/C24H22N4O3/c1-31-19-10-8-17(9-11-19)13-23(29)26-15-22-20-6-2-3-7-21(20)24(30)28(27-22)16-18-5-4-12-25-14-18/h2-12,14H,13,15-16H2,1H3,(H,26,29). The number of methoxy groups -OCH3 is 1. The first-order valence-corrected chi connectivity index (χ1v) is 9.91. The summed E-state index contributed by atoms with van der Waals surface area (Å²) in [5.41, 5.74) is 2.23. The number of nitrogens with zero attached hydrogens (tertiary/aromatic N) is 3. The van der Waals surface area contributed by atoms with Gasteiger partial charge in [0.25, 0.3) is 5.56 Å². The van der Waals surface area contributed by atoms with Crippen LogP contribution in [0.25, 0.3) is 10.8 Å². The van der Waals surface area contributed by atoms with Crippen LogP contribution in [-0.2, 0) is 24.3 Å². The topological polar surface area (TPSA) is 86.1 Å². The Bertz CT molecular complexity index is 1250. The molecule has 2 aromatic heterocycles. The van der Waals surface area contributed by atoms with Crippen molar-refractivity contribution in [1.82, 2.24) is 20.1 Å². The first kappa shape index (κ1) is 20.3. The van der Waals surface area contributed by atoms with Crippen molar-refractivity contribution in [2.24, 2.45) is 0 Å². The second-order valence-electron chi connectivity index (χ2n) is 7.12. The number of rotatable bonds is 7. The van der Waals surface area contributed by atoms with E-state index in [9.17, 15) is 9.59 Å². The van der Waals surface area contributed by atoms with Gasteiger partial charge >= 0.3 is 0 Å². The molecule has 0 fully saturated rings. The van der Waals surface area contributed by atoms with Crippen LogP contribution in [-0.4, -0.2) is 27.8 Å². The molecule has 0 unspecified atom stereocenters. The summed E-state index contributed by atoms with van der Waals surface area (Å²) in [6.07, 6.45) is 3.64. The summed E-state index contributed by atoms with van der Waals surface area (Å²) in [7, 11) is 1.60. The number of hydrogen-bond donors (Lipinski definition) is 1. The summed E-state index contributed by atoms with van der Waals surface area (Å²) in [6.45, 7) is 0.535. The minimum Gasteiger partial charge on any atom is -0.497 e. The number of pyridine rings is 1. The van der Waals surface area contributed by atoms with Crippen molar-refractivity contribution in [2.45, 2.75) is 19.5 Å². The maximum Gasteiger partial charge on any atom is 0.274 e. The molecule has 0 bridgehead atoms. The number of nitrogens with one attached hydrogen (secondary N) is 1. The van der Waals surface area contributed by atoms with Crippen LogP contribution in [0, 0.1) is 0 Å². The molecule has 7 heteroatoms. The molecule has 0 saturated heterocycles. The van der Waals surface area contributed by atoms with E-state index < -0.39 is 0 Å². The Hall–Kier alpha value is -4.00. The molecule has 2 aromatic carbocycles. The molecule has 4 rings (SSSR count). The molecule has 0 aliphatic carbocycles. The Labute approximate surface area is 179 Å². The van der Waals surface area contributed by atoms with Gasteiger partial charge in [0, 0.05) is 17.8 Å². The van der Waals surface area contributed by atoms with E-state index in [4.69, 9.17) is 4.74 Å². The molecule has 0 saturated carbocycles. The van der Waals surface area contributed by atoms with Crippen LogP contribution in [0.4, 0.5) is 0 Å². The number of fused-ring (bicyclic) bond motifs is 1. The highest BCUT2D eigenvalue weighted by atomic mass is 16.5. The third kappa shape index (κ3) is 4.78. The van der Waals surface area contributed by atoms with Crippen LogP contribution in [0.2, 0.25) is 0 Å². The van der Waals surface area contributed by atoms with Gasteiger partial charge in [-0.1, -0.05) is 36.4 Å². The number of amides is 1. The van der Waals surface area contributed by atoms with Crippen molar-refractivity contribution < 1.29 is 9.53 Å². The number of carbonyl (C=O) groups excluding carboxylic acids is 1. The van der Waals surface area contributed by atoms with Gasteiger partial charge < -0.3 is 10.1 Å². The second kappa shape index (κ2) is 9.21. The zero-order chi connectivity index (χ0) is 21.6. The van der Waals surface area contributed by atoms with E-state index in [0.29, 0.717) is 17.6 Å². The molecule has 2 heterocycles. The number of benzene rings is 2. The lowest BCUT2D eigenvalue weighted by molar-refractivity contribution is -0.120. The molecule has 0 spiro atoms. The SMILES string of the molecule is COc1ccc(CC(=O)NCc2nn(Cc3cccnc3)c(=O)c3ccccc23)cc1. The molecule has 7 nitrogen and oxygen atoms in total. The molecule has 1 N–H and O–H groups in total. The highest BCUT2D eigenvalue weighted by Gasteiger charge is 2.12. The second-order valence-corrected chi connectivity index (χ2v) is 7.12. The van der Waals surface area contributed by atoms with Gasteiger partial charge in [-0.3, -0.25) is 14.6 Å². The Kier molecular flexibility index (Phi) is 6.03. The monoisotopic (exact) mass is 414 g/mol. The summed E-state index contributed by atoms with van der Waals surface area (Å²) in [4.78, 5) is 29.5. The van der Waals surface area contributed by atoms with E-state index >= 15 is 0 Å². The van der Waals surface area contributed by atoms with Crippen molar-refractivity contribution in [3.05, 3.63) is 100 Å². The molecule has 0 atom stereocenters. The third-order valence-corrected chi connectivity index (χ3v) is 4.98. The predicted octanol–water partition coefficient (Wildman–Crippen LogP) is 2.71. The molecule has 4 aromatic rings. The first-order valence-electron chi connectivity index (χ1n) is 9.91. The van der Waals surface area contributed by atoms with Gasteiger partial charge in [0.05, 0.1) is 37.7 Å². The minimum atomic E-state index is -0.173. The molecule has 0 radical (unpaired) electrons. The Morgan fingerprint density at radius 1 is 1.00 bits per heavy atom. The Morgan fingerprint density at radius 2 is 1.77 bits per heavy atom. The highest BCUT2D eigenvalue weighted by Crippen LogP contribution is 2.14. The number of hydrogen-bond acceptors (Lipinski definition) is 5. The first-order chi connectivity index (χ1) is 15.1. The third-order valence-electron chi connectivity index (χ3n) is 4.98. The summed E-state index contributed by atoms with van der Waals surface area (Å²) < 4.78 is 6.56. The molecule has 0 aliphatic heterocycles. The molecule has 0 aliphatic rings. The average molecular weight is 414 g/mol. The van der Waals surface area contributed by atoms with Gasteiger partial charge in [0.2, 0.25) is 5.91 Å². The van der Waals surface area contributed by atoms with Gasteiger partial charge in [-0.15, -0.1) is 0 Å².